The van der Waals surface area contributed by atoms with Crippen molar-refractivity contribution in [2.75, 3.05) is 18.5 Å². The van der Waals surface area contributed by atoms with Gasteiger partial charge in [0.05, 0.1) is 17.3 Å². The summed E-state index contributed by atoms with van der Waals surface area (Å²) >= 11 is 1.67. The topological polar surface area (TPSA) is 45.1 Å². The third-order valence-corrected chi connectivity index (χ3v) is 5.05. The smallest absolute Gasteiger partial charge is 0.0901 e. The van der Waals surface area contributed by atoms with Crippen molar-refractivity contribution in [3.63, 3.8) is 0 Å². The van der Waals surface area contributed by atoms with E-state index in [0.717, 1.165) is 41.3 Å². The van der Waals surface area contributed by atoms with Crippen LogP contribution in [0, 0.1) is 12.3 Å². The van der Waals surface area contributed by atoms with E-state index in [1.165, 1.54) is 0 Å². The van der Waals surface area contributed by atoms with E-state index >= 15 is 0 Å². The summed E-state index contributed by atoms with van der Waals surface area (Å²) in [6.45, 7) is 7.30. The summed E-state index contributed by atoms with van der Waals surface area (Å²) in [5.41, 5.74) is 3.21. The Morgan fingerprint density at radius 1 is 1.29 bits per heavy atom. The molecule has 1 heterocycles. The van der Waals surface area contributed by atoms with Crippen LogP contribution in [0.3, 0.4) is 0 Å². The minimum absolute atomic E-state index is 0.0345. The molecule has 2 rings (SSSR count). The quantitative estimate of drug-likeness (QED) is 0.800. The first kappa shape index (κ1) is 16.0. The first-order valence-corrected chi connectivity index (χ1v) is 8.37. The summed E-state index contributed by atoms with van der Waals surface area (Å²) < 4.78 is 0. The van der Waals surface area contributed by atoms with Crippen LogP contribution in [0.25, 0.3) is 11.3 Å². The maximum absolute atomic E-state index is 9.64. The standard InChI is InChI=1S/C17H24N2OS/c1-4-17(5-2,12-20)11-18-15-8-6-7-14(9-15)16-10-21-13(3)19-16/h6-10,18,20H,4-5,11-12H2,1-3H3. The number of benzene rings is 1. The van der Waals surface area contributed by atoms with Crippen LogP contribution in [0.5, 0.6) is 0 Å². The molecule has 1 aromatic carbocycles. The average molecular weight is 304 g/mol. The van der Waals surface area contributed by atoms with Gasteiger partial charge in [0, 0.05) is 28.6 Å². The van der Waals surface area contributed by atoms with Gasteiger partial charge in [-0.05, 0) is 31.9 Å². The summed E-state index contributed by atoms with van der Waals surface area (Å²) in [5, 5.41) is 16.3. The molecule has 0 saturated carbocycles. The van der Waals surface area contributed by atoms with Crippen LogP contribution < -0.4 is 5.32 Å². The van der Waals surface area contributed by atoms with E-state index in [0.29, 0.717) is 0 Å². The number of hydrogen-bond acceptors (Lipinski definition) is 4. The molecule has 0 saturated heterocycles. The highest BCUT2D eigenvalue weighted by Crippen LogP contribution is 2.28. The molecule has 0 aliphatic rings. The number of rotatable bonds is 7. The fourth-order valence-corrected chi connectivity index (χ4v) is 2.98. The summed E-state index contributed by atoms with van der Waals surface area (Å²) in [7, 11) is 0. The van der Waals surface area contributed by atoms with Crippen LogP contribution in [0.2, 0.25) is 0 Å². The van der Waals surface area contributed by atoms with E-state index in [-0.39, 0.29) is 12.0 Å². The van der Waals surface area contributed by atoms with Crippen molar-refractivity contribution in [1.82, 2.24) is 4.98 Å². The normalized spacial score (nSPS) is 11.6. The Balaban J connectivity index is 2.11. The molecule has 0 radical (unpaired) electrons. The molecule has 0 bridgehead atoms. The molecule has 0 spiro atoms. The Labute approximate surface area is 131 Å². The van der Waals surface area contributed by atoms with E-state index < -0.39 is 0 Å². The van der Waals surface area contributed by atoms with Crippen molar-refractivity contribution in [2.24, 2.45) is 5.41 Å². The first-order chi connectivity index (χ1) is 10.1. The third-order valence-electron chi connectivity index (χ3n) is 4.28. The lowest BCUT2D eigenvalue weighted by Gasteiger charge is -2.30. The molecule has 21 heavy (non-hydrogen) atoms. The van der Waals surface area contributed by atoms with E-state index in [1.54, 1.807) is 11.3 Å². The van der Waals surface area contributed by atoms with Gasteiger partial charge in [-0.25, -0.2) is 4.98 Å². The molecule has 1 aromatic heterocycles. The summed E-state index contributed by atoms with van der Waals surface area (Å²) in [6.07, 6.45) is 1.94. The number of aryl methyl sites for hydroxylation is 1. The number of aliphatic hydroxyl groups is 1. The van der Waals surface area contributed by atoms with Gasteiger partial charge in [0.2, 0.25) is 0 Å². The fourth-order valence-electron chi connectivity index (χ4n) is 2.35. The van der Waals surface area contributed by atoms with Crippen LogP contribution >= 0.6 is 11.3 Å². The molecule has 114 valence electrons. The van der Waals surface area contributed by atoms with Crippen molar-refractivity contribution in [3.05, 3.63) is 34.7 Å². The van der Waals surface area contributed by atoms with Gasteiger partial charge in [-0.3, -0.25) is 0 Å². The largest absolute Gasteiger partial charge is 0.396 e. The molecular weight excluding hydrogens is 280 g/mol. The molecule has 0 fully saturated rings. The average Bonchev–Trinajstić information content (AvgIpc) is 2.96. The van der Waals surface area contributed by atoms with Gasteiger partial charge in [-0.2, -0.15) is 0 Å². The predicted octanol–water partition coefficient (Wildman–Crippen LogP) is 4.33. The van der Waals surface area contributed by atoms with E-state index in [4.69, 9.17) is 0 Å². The zero-order valence-electron chi connectivity index (χ0n) is 13.0. The van der Waals surface area contributed by atoms with Gasteiger partial charge in [0.1, 0.15) is 0 Å². The Hall–Kier alpha value is -1.39. The van der Waals surface area contributed by atoms with Gasteiger partial charge in [0.15, 0.2) is 0 Å². The van der Waals surface area contributed by atoms with Crippen molar-refractivity contribution < 1.29 is 5.11 Å². The van der Waals surface area contributed by atoms with Crippen LogP contribution in [-0.4, -0.2) is 23.2 Å². The molecule has 0 aliphatic heterocycles. The molecule has 0 atom stereocenters. The minimum atomic E-state index is -0.0345. The lowest BCUT2D eigenvalue weighted by atomic mass is 9.83. The summed E-state index contributed by atoms with van der Waals surface area (Å²) in [6, 6.07) is 8.32. The van der Waals surface area contributed by atoms with Crippen LogP contribution in [0.1, 0.15) is 31.7 Å². The van der Waals surface area contributed by atoms with Crippen LogP contribution in [0.4, 0.5) is 5.69 Å². The number of aromatic nitrogens is 1. The van der Waals surface area contributed by atoms with Gasteiger partial charge in [0.25, 0.3) is 0 Å². The number of nitrogens with zero attached hydrogens (tertiary/aromatic N) is 1. The molecular formula is C17H24N2OS. The highest BCUT2D eigenvalue weighted by molar-refractivity contribution is 7.09. The van der Waals surface area contributed by atoms with E-state index in [2.05, 4.69) is 47.7 Å². The number of thiazole rings is 1. The van der Waals surface area contributed by atoms with Crippen molar-refractivity contribution >= 4 is 17.0 Å². The molecule has 3 nitrogen and oxygen atoms in total. The second kappa shape index (κ2) is 7.05. The summed E-state index contributed by atoms with van der Waals surface area (Å²) in [4.78, 5) is 4.53. The number of anilines is 1. The number of nitrogens with one attached hydrogen (secondary N) is 1. The van der Waals surface area contributed by atoms with Crippen molar-refractivity contribution in [1.29, 1.82) is 0 Å². The maximum atomic E-state index is 9.64. The van der Waals surface area contributed by atoms with Gasteiger partial charge < -0.3 is 10.4 Å². The fraction of sp³-hybridized carbons (Fsp3) is 0.471. The zero-order chi connectivity index (χ0) is 15.3. The molecule has 0 aliphatic carbocycles. The van der Waals surface area contributed by atoms with Crippen molar-refractivity contribution in [3.8, 4) is 11.3 Å². The van der Waals surface area contributed by atoms with Crippen LogP contribution in [-0.2, 0) is 0 Å². The maximum Gasteiger partial charge on any atom is 0.0901 e. The second-order valence-corrected chi connectivity index (χ2v) is 6.61. The zero-order valence-corrected chi connectivity index (χ0v) is 13.8. The Morgan fingerprint density at radius 3 is 2.62 bits per heavy atom. The van der Waals surface area contributed by atoms with Gasteiger partial charge in [-0.1, -0.05) is 26.0 Å². The Kier molecular flexibility index (Phi) is 5.37. The predicted molar refractivity (Wildman–Crippen MR) is 90.9 cm³/mol. The number of hydrogen-bond donors (Lipinski definition) is 2. The Morgan fingerprint density at radius 2 is 2.05 bits per heavy atom. The summed E-state index contributed by atoms with van der Waals surface area (Å²) in [5.74, 6) is 0. The second-order valence-electron chi connectivity index (χ2n) is 5.55. The van der Waals surface area contributed by atoms with E-state index in [9.17, 15) is 5.11 Å². The SMILES string of the molecule is CCC(CC)(CO)CNc1cccc(-c2csc(C)n2)c1. The van der Waals surface area contributed by atoms with Gasteiger partial charge >= 0.3 is 0 Å². The highest BCUT2D eigenvalue weighted by atomic mass is 32.1. The molecule has 2 N–H and O–H groups in total. The Bertz CT molecular complexity index is 567. The van der Waals surface area contributed by atoms with Gasteiger partial charge in [-0.15, -0.1) is 11.3 Å². The van der Waals surface area contributed by atoms with E-state index in [1.807, 2.05) is 13.0 Å². The number of aliphatic hydroxyl groups excluding tert-OH is 1. The molecule has 2 aromatic rings. The first-order valence-electron chi connectivity index (χ1n) is 7.50. The lowest BCUT2D eigenvalue weighted by Crippen LogP contribution is -2.32. The molecule has 0 amide bonds. The molecule has 4 heteroatoms. The van der Waals surface area contributed by atoms with Crippen molar-refractivity contribution in [2.45, 2.75) is 33.6 Å². The monoisotopic (exact) mass is 304 g/mol. The lowest BCUT2D eigenvalue weighted by molar-refractivity contribution is 0.127. The minimum Gasteiger partial charge on any atom is -0.396 e. The molecule has 0 unspecified atom stereocenters. The highest BCUT2D eigenvalue weighted by Gasteiger charge is 2.24. The third kappa shape index (κ3) is 3.83. The van der Waals surface area contributed by atoms with Crippen LogP contribution in [0.15, 0.2) is 29.6 Å².